The second-order valence-corrected chi connectivity index (χ2v) is 8.68. The van der Waals surface area contributed by atoms with E-state index in [0.29, 0.717) is 33.1 Å². The Bertz CT molecular complexity index is 1350. The van der Waals surface area contributed by atoms with Crippen LogP contribution in [0.15, 0.2) is 35.6 Å². The monoisotopic (exact) mass is 437 g/mol. The molecule has 4 aromatic rings. The minimum absolute atomic E-state index is 0.183. The number of hydrogen-bond donors (Lipinski definition) is 2. The standard InChI is InChI=1S/C22H24ClN7O/c1-29-11-27-16-7-6-14(19(23)18(16)22(29)31)15-9-26-21-20(15)25-10-17(28-21)30(2)13-5-3-4-12(24)8-13/h6-7,9-13H,3-5,8,24H2,1-2H3,(H,26,28)/t12-,13-/m1/s1. The average molecular weight is 438 g/mol. The summed E-state index contributed by atoms with van der Waals surface area (Å²) in [5.41, 5.74) is 9.45. The SMILES string of the molecule is CN(c1cnc2c(-c3ccc4ncn(C)c(=O)c4c3Cl)c[nH]c2n1)[C@@H]1CCC[C@@H](N)C1. The number of aromatic amines is 1. The maximum Gasteiger partial charge on any atom is 0.262 e. The summed E-state index contributed by atoms with van der Waals surface area (Å²) in [5, 5.41) is 0.766. The molecule has 3 N–H and O–H groups in total. The quantitative estimate of drug-likeness (QED) is 0.509. The van der Waals surface area contributed by atoms with Crippen LogP contribution in [-0.4, -0.2) is 43.6 Å². The van der Waals surface area contributed by atoms with Gasteiger partial charge in [0.1, 0.15) is 11.3 Å². The number of nitrogens with two attached hydrogens (primary N) is 1. The minimum Gasteiger partial charge on any atom is -0.355 e. The van der Waals surface area contributed by atoms with Crippen molar-refractivity contribution >= 4 is 39.5 Å². The molecule has 5 rings (SSSR count). The van der Waals surface area contributed by atoms with Crippen LogP contribution in [0.5, 0.6) is 0 Å². The van der Waals surface area contributed by atoms with Crippen LogP contribution in [0.3, 0.4) is 0 Å². The highest BCUT2D eigenvalue weighted by Crippen LogP contribution is 2.36. The van der Waals surface area contributed by atoms with Gasteiger partial charge in [0.25, 0.3) is 5.56 Å². The van der Waals surface area contributed by atoms with Crippen molar-refractivity contribution in [1.82, 2.24) is 24.5 Å². The fourth-order valence-corrected chi connectivity index (χ4v) is 4.81. The normalized spacial score (nSPS) is 19.2. The maximum absolute atomic E-state index is 12.6. The fraction of sp³-hybridized carbons (Fsp3) is 0.364. The molecule has 1 aliphatic carbocycles. The summed E-state index contributed by atoms with van der Waals surface area (Å²) >= 11 is 6.67. The molecule has 1 aromatic carbocycles. The lowest BCUT2D eigenvalue weighted by atomic mass is 9.91. The van der Waals surface area contributed by atoms with Gasteiger partial charge in [-0.15, -0.1) is 0 Å². The largest absolute Gasteiger partial charge is 0.355 e. The Hall–Kier alpha value is -2.97. The highest BCUT2D eigenvalue weighted by atomic mass is 35.5. The summed E-state index contributed by atoms with van der Waals surface area (Å²) in [6.45, 7) is 0. The van der Waals surface area contributed by atoms with Crippen molar-refractivity contribution in [2.24, 2.45) is 12.8 Å². The van der Waals surface area contributed by atoms with Crippen molar-refractivity contribution in [3.63, 3.8) is 0 Å². The average Bonchev–Trinajstić information content (AvgIpc) is 3.19. The zero-order valence-corrected chi connectivity index (χ0v) is 18.2. The second-order valence-electron chi connectivity index (χ2n) is 8.30. The lowest BCUT2D eigenvalue weighted by molar-refractivity contribution is 0.381. The van der Waals surface area contributed by atoms with E-state index in [1.54, 1.807) is 19.3 Å². The Balaban J connectivity index is 1.56. The van der Waals surface area contributed by atoms with Crippen molar-refractivity contribution in [1.29, 1.82) is 0 Å². The number of rotatable bonds is 3. The molecule has 0 aliphatic heterocycles. The molecule has 1 fully saturated rings. The van der Waals surface area contributed by atoms with Crippen molar-refractivity contribution in [2.75, 3.05) is 11.9 Å². The Morgan fingerprint density at radius 3 is 2.90 bits per heavy atom. The first-order chi connectivity index (χ1) is 14.9. The molecule has 0 radical (unpaired) electrons. The smallest absolute Gasteiger partial charge is 0.262 e. The molecule has 1 aliphatic rings. The van der Waals surface area contributed by atoms with E-state index in [4.69, 9.17) is 22.3 Å². The summed E-state index contributed by atoms with van der Waals surface area (Å²) in [4.78, 5) is 31.8. The summed E-state index contributed by atoms with van der Waals surface area (Å²) in [6.07, 6.45) is 9.40. The van der Waals surface area contributed by atoms with Gasteiger partial charge in [-0.2, -0.15) is 0 Å². The van der Waals surface area contributed by atoms with Gasteiger partial charge in [-0.05, 0) is 31.7 Å². The summed E-state index contributed by atoms with van der Waals surface area (Å²) in [5.74, 6) is 0.808. The summed E-state index contributed by atoms with van der Waals surface area (Å²) in [6, 6.07) is 4.28. The van der Waals surface area contributed by atoms with Crippen LogP contribution in [-0.2, 0) is 7.05 Å². The van der Waals surface area contributed by atoms with Crippen LogP contribution in [0.1, 0.15) is 25.7 Å². The molecular formula is C22H24ClN7O. The number of halogens is 1. The van der Waals surface area contributed by atoms with Crippen LogP contribution in [0, 0.1) is 0 Å². The van der Waals surface area contributed by atoms with Crippen molar-refractivity contribution in [3.05, 3.63) is 46.2 Å². The predicted molar refractivity (Wildman–Crippen MR) is 124 cm³/mol. The van der Waals surface area contributed by atoms with Gasteiger partial charge in [0.15, 0.2) is 5.65 Å². The zero-order chi connectivity index (χ0) is 21.7. The third kappa shape index (κ3) is 3.36. The number of fused-ring (bicyclic) bond motifs is 2. The number of aromatic nitrogens is 5. The number of nitrogens with zero attached hydrogens (tertiary/aromatic N) is 5. The number of H-pyrrole nitrogens is 1. The number of benzene rings is 1. The summed E-state index contributed by atoms with van der Waals surface area (Å²) in [7, 11) is 3.71. The number of nitrogens with one attached hydrogen (secondary N) is 1. The van der Waals surface area contributed by atoms with Crippen LogP contribution in [0.25, 0.3) is 33.2 Å². The topological polar surface area (TPSA) is 106 Å². The van der Waals surface area contributed by atoms with Gasteiger partial charge in [-0.3, -0.25) is 4.79 Å². The van der Waals surface area contributed by atoms with Crippen molar-refractivity contribution < 1.29 is 0 Å². The van der Waals surface area contributed by atoms with Crippen LogP contribution < -0.4 is 16.2 Å². The van der Waals surface area contributed by atoms with E-state index in [9.17, 15) is 4.79 Å². The molecule has 0 amide bonds. The van der Waals surface area contributed by atoms with Gasteiger partial charge in [0, 0.05) is 43.5 Å². The molecule has 0 unspecified atom stereocenters. The highest BCUT2D eigenvalue weighted by molar-refractivity contribution is 6.38. The van der Waals surface area contributed by atoms with Gasteiger partial charge in [0.05, 0.1) is 28.4 Å². The minimum atomic E-state index is -0.183. The number of anilines is 1. The van der Waals surface area contributed by atoms with Gasteiger partial charge in [-0.1, -0.05) is 17.7 Å². The third-order valence-electron chi connectivity index (χ3n) is 6.28. The fourth-order valence-electron chi connectivity index (χ4n) is 4.46. The van der Waals surface area contributed by atoms with Gasteiger partial charge in [-0.25, -0.2) is 15.0 Å². The second kappa shape index (κ2) is 7.62. The van der Waals surface area contributed by atoms with E-state index < -0.39 is 0 Å². The van der Waals surface area contributed by atoms with Crippen LogP contribution >= 0.6 is 11.6 Å². The molecule has 3 aromatic heterocycles. The molecule has 9 heteroatoms. The van der Waals surface area contributed by atoms with E-state index in [1.807, 2.05) is 19.3 Å². The van der Waals surface area contributed by atoms with E-state index >= 15 is 0 Å². The number of aryl methyl sites for hydroxylation is 1. The molecule has 31 heavy (non-hydrogen) atoms. The van der Waals surface area contributed by atoms with Gasteiger partial charge in [0.2, 0.25) is 0 Å². The lowest BCUT2D eigenvalue weighted by Crippen LogP contribution is -2.41. The lowest BCUT2D eigenvalue weighted by Gasteiger charge is -2.34. The first-order valence-electron chi connectivity index (χ1n) is 10.4. The van der Waals surface area contributed by atoms with Crippen LogP contribution in [0.4, 0.5) is 5.82 Å². The molecule has 8 nitrogen and oxygen atoms in total. The van der Waals surface area contributed by atoms with E-state index in [0.717, 1.165) is 42.6 Å². The van der Waals surface area contributed by atoms with E-state index in [-0.39, 0.29) is 11.6 Å². The summed E-state index contributed by atoms with van der Waals surface area (Å²) < 4.78 is 1.42. The van der Waals surface area contributed by atoms with Gasteiger partial charge >= 0.3 is 0 Å². The molecule has 160 valence electrons. The first-order valence-corrected chi connectivity index (χ1v) is 10.8. The predicted octanol–water partition coefficient (Wildman–Crippen LogP) is 3.23. The molecule has 3 heterocycles. The van der Waals surface area contributed by atoms with Crippen LogP contribution in [0.2, 0.25) is 5.02 Å². The number of hydrogen-bond acceptors (Lipinski definition) is 6. The molecule has 1 saturated carbocycles. The molecular weight excluding hydrogens is 414 g/mol. The molecule has 2 atom stereocenters. The first kappa shape index (κ1) is 20.0. The Morgan fingerprint density at radius 1 is 1.26 bits per heavy atom. The van der Waals surface area contributed by atoms with E-state index in [1.165, 1.54) is 10.9 Å². The zero-order valence-electron chi connectivity index (χ0n) is 17.5. The maximum atomic E-state index is 12.6. The van der Waals surface area contributed by atoms with Gasteiger partial charge < -0.3 is 20.2 Å². The van der Waals surface area contributed by atoms with Crippen molar-refractivity contribution in [3.8, 4) is 11.1 Å². The molecule has 0 spiro atoms. The highest BCUT2D eigenvalue weighted by Gasteiger charge is 2.24. The molecule has 0 saturated heterocycles. The molecule has 0 bridgehead atoms. The Labute approximate surface area is 184 Å². The Kier molecular flexibility index (Phi) is 4.91. The Morgan fingerprint density at radius 2 is 2.10 bits per heavy atom. The third-order valence-corrected chi connectivity index (χ3v) is 6.67. The van der Waals surface area contributed by atoms with Crippen molar-refractivity contribution in [2.45, 2.75) is 37.8 Å². The van der Waals surface area contributed by atoms with E-state index in [2.05, 4.69) is 19.9 Å².